The molecule has 0 aliphatic carbocycles. The molecule has 0 fully saturated rings. The van der Waals surface area contributed by atoms with E-state index < -0.39 is 0 Å². The van der Waals surface area contributed by atoms with Crippen LogP contribution in [0.4, 0.5) is 0 Å². The Morgan fingerprint density at radius 1 is 1.15 bits per heavy atom. The first-order chi connectivity index (χ1) is 12.7. The number of allylic oxidation sites excluding steroid dienone is 2. The summed E-state index contributed by atoms with van der Waals surface area (Å²) in [6.45, 7) is 5.68. The predicted octanol–water partition coefficient (Wildman–Crippen LogP) is 4.55. The van der Waals surface area contributed by atoms with Crippen molar-refractivity contribution in [3.05, 3.63) is 78.0 Å². The zero-order chi connectivity index (χ0) is 18.4. The van der Waals surface area contributed by atoms with Gasteiger partial charge in [0.25, 0.3) is 5.91 Å². The topological polar surface area (TPSA) is 43.3 Å². The molecule has 3 rings (SSSR count). The Kier molecular flexibility index (Phi) is 5.74. The maximum Gasteiger partial charge on any atom is 0.268 e. The van der Waals surface area contributed by atoms with Crippen molar-refractivity contribution in [2.75, 3.05) is 6.61 Å². The van der Waals surface area contributed by atoms with Crippen LogP contribution in [0.25, 0.3) is 10.9 Å². The van der Waals surface area contributed by atoms with Gasteiger partial charge in [-0.05, 0) is 37.6 Å². The van der Waals surface area contributed by atoms with Crippen molar-refractivity contribution in [1.29, 1.82) is 0 Å². The van der Waals surface area contributed by atoms with Crippen LogP contribution in [0, 0.1) is 0 Å². The molecule has 0 bridgehead atoms. The maximum atomic E-state index is 12.8. The normalized spacial score (nSPS) is 11.2. The standard InChI is InChI=1S/C22H24N2O2/c1-3-5-14-24-19-12-9-13-21(26-4-2)18(19)15-20(24)22(25)23-16-17-10-7-6-8-11-17/h3,5-13,15H,4,14,16H2,1-2H3,(H,23,25). The molecule has 0 aliphatic rings. The summed E-state index contributed by atoms with van der Waals surface area (Å²) < 4.78 is 7.76. The average molecular weight is 348 g/mol. The van der Waals surface area contributed by atoms with Gasteiger partial charge >= 0.3 is 0 Å². The summed E-state index contributed by atoms with van der Waals surface area (Å²) >= 11 is 0. The summed E-state index contributed by atoms with van der Waals surface area (Å²) in [5.41, 5.74) is 2.71. The number of carbonyl (C=O) groups excluding carboxylic acids is 1. The van der Waals surface area contributed by atoms with E-state index in [0.717, 1.165) is 22.2 Å². The van der Waals surface area contributed by atoms with E-state index in [1.54, 1.807) is 0 Å². The lowest BCUT2D eigenvalue weighted by Gasteiger charge is -2.10. The smallest absolute Gasteiger partial charge is 0.268 e. The van der Waals surface area contributed by atoms with Crippen LogP contribution in [0.15, 0.2) is 66.7 Å². The molecule has 1 aromatic heterocycles. The second-order valence-electron chi connectivity index (χ2n) is 6.00. The number of rotatable bonds is 7. The molecule has 0 radical (unpaired) electrons. The monoisotopic (exact) mass is 348 g/mol. The highest BCUT2D eigenvalue weighted by Gasteiger charge is 2.17. The summed E-state index contributed by atoms with van der Waals surface area (Å²) in [7, 11) is 0. The van der Waals surface area contributed by atoms with Gasteiger partial charge in [-0.25, -0.2) is 0 Å². The second-order valence-corrected chi connectivity index (χ2v) is 6.00. The van der Waals surface area contributed by atoms with E-state index in [1.807, 2.05) is 85.2 Å². The van der Waals surface area contributed by atoms with Crippen molar-refractivity contribution >= 4 is 16.8 Å². The number of nitrogens with zero attached hydrogens (tertiary/aromatic N) is 1. The lowest BCUT2D eigenvalue weighted by molar-refractivity contribution is 0.0942. The first-order valence-electron chi connectivity index (χ1n) is 8.93. The van der Waals surface area contributed by atoms with Crippen LogP contribution in [0.3, 0.4) is 0 Å². The number of benzene rings is 2. The minimum absolute atomic E-state index is 0.0861. The fourth-order valence-corrected chi connectivity index (χ4v) is 3.00. The molecule has 0 saturated carbocycles. The van der Waals surface area contributed by atoms with Crippen LogP contribution in [0.1, 0.15) is 29.9 Å². The summed E-state index contributed by atoms with van der Waals surface area (Å²) in [6, 6.07) is 17.8. The summed E-state index contributed by atoms with van der Waals surface area (Å²) in [4.78, 5) is 12.8. The van der Waals surface area contributed by atoms with Gasteiger partial charge in [-0.1, -0.05) is 48.6 Å². The first kappa shape index (κ1) is 17.8. The highest BCUT2D eigenvalue weighted by atomic mass is 16.5. The number of hydrogen-bond acceptors (Lipinski definition) is 2. The minimum Gasteiger partial charge on any atom is -0.493 e. The van der Waals surface area contributed by atoms with Gasteiger partial charge in [-0.3, -0.25) is 4.79 Å². The van der Waals surface area contributed by atoms with Crippen LogP contribution in [-0.2, 0) is 13.1 Å². The fraction of sp³-hybridized carbons (Fsp3) is 0.227. The second kappa shape index (κ2) is 8.39. The van der Waals surface area contributed by atoms with E-state index >= 15 is 0 Å². The highest BCUT2D eigenvalue weighted by molar-refractivity contribution is 6.00. The number of aromatic nitrogens is 1. The lowest BCUT2D eigenvalue weighted by atomic mass is 10.2. The number of hydrogen-bond donors (Lipinski definition) is 1. The quantitative estimate of drug-likeness (QED) is 0.637. The Balaban J connectivity index is 1.94. The molecule has 4 heteroatoms. The Morgan fingerprint density at radius 2 is 1.96 bits per heavy atom. The first-order valence-corrected chi connectivity index (χ1v) is 8.93. The maximum absolute atomic E-state index is 12.8. The van der Waals surface area contributed by atoms with Gasteiger partial charge in [0, 0.05) is 18.5 Å². The molecule has 1 heterocycles. The molecular weight excluding hydrogens is 324 g/mol. The molecule has 1 amide bonds. The molecule has 0 unspecified atom stereocenters. The third kappa shape index (κ3) is 3.80. The van der Waals surface area contributed by atoms with Crippen molar-refractivity contribution in [2.24, 2.45) is 0 Å². The molecule has 1 N–H and O–H groups in total. The number of carbonyl (C=O) groups is 1. The lowest BCUT2D eigenvalue weighted by Crippen LogP contribution is -2.25. The van der Waals surface area contributed by atoms with E-state index in [9.17, 15) is 4.79 Å². The summed E-state index contributed by atoms with van der Waals surface area (Å²) in [5, 5.41) is 3.98. The van der Waals surface area contributed by atoms with E-state index in [4.69, 9.17) is 4.74 Å². The summed E-state index contributed by atoms with van der Waals surface area (Å²) in [5.74, 6) is 0.721. The van der Waals surface area contributed by atoms with Gasteiger partial charge in [0.15, 0.2) is 0 Å². The third-order valence-electron chi connectivity index (χ3n) is 4.26. The fourth-order valence-electron chi connectivity index (χ4n) is 3.00. The zero-order valence-corrected chi connectivity index (χ0v) is 15.2. The molecule has 4 nitrogen and oxygen atoms in total. The van der Waals surface area contributed by atoms with Crippen LogP contribution in [-0.4, -0.2) is 17.1 Å². The third-order valence-corrected chi connectivity index (χ3v) is 4.26. The number of amides is 1. The summed E-state index contributed by atoms with van der Waals surface area (Å²) in [6.07, 6.45) is 4.03. The number of nitrogens with one attached hydrogen (secondary N) is 1. The molecule has 26 heavy (non-hydrogen) atoms. The van der Waals surface area contributed by atoms with Gasteiger partial charge < -0.3 is 14.6 Å². The average Bonchev–Trinajstić information content (AvgIpc) is 3.05. The Hall–Kier alpha value is -3.01. The van der Waals surface area contributed by atoms with Crippen LogP contribution in [0.2, 0.25) is 0 Å². The molecule has 0 saturated heterocycles. The molecular formula is C22H24N2O2. The van der Waals surface area contributed by atoms with Crippen molar-refractivity contribution in [3.63, 3.8) is 0 Å². The Labute approximate surface area is 154 Å². The van der Waals surface area contributed by atoms with Crippen LogP contribution < -0.4 is 10.1 Å². The zero-order valence-electron chi connectivity index (χ0n) is 15.2. The molecule has 0 spiro atoms. The van der Waals surface area contributed by atoms with Crippen LogP contribution in [0.5, 0.6) is 5.75 Å². The van der Waals surface area contributed by atoms with E-state index in [2.05, 4.69) is 5.32 Å². The highest BCUT2D eigenvalue weighted by Crippen LogP contribution is 2.29. The van der Waals surface area contributed by atoms with E-state index in [-0.39, 0.29) is 5.91 Å². The van der Waals surface area contributed by atoms with Crippen molar-refractivity contribution in [3.8, 4) is 5.75 Å². The SMILES string of the molecule is CC=CCn1c(C(=O)NCc2ccccc2)cc2c(OCC)cccc21. The Morgan fingerprint density at radius 3 is 2.69 bits per heavy atom. The van der Waals surface area contributed by atoms with Crippen molar-refractivity contribution in [1.82, 2.24) is 9.88 Å². The molecule has 0 aliphatic heterocycles. The molecule has 2 aromatic carbocycles. The van der Waals surface area contributed by atoms with Crippen molar-refractivity contribution in [2.45, 2.75) is 26.9 Å². The van der Waals surface area contributed by atoms with Crippen LogP contribution >= 0.6 is 0 Å². The molecule has 134 valence electrons. The van der Waals surface area contributed by atoms with Gasteiger partial charge in [-0.15, -0.1) is 0 Å². The minimum atomic E-state index is -0.0861. The van der Waals surface area contributed by atoms with Crippen molar-refractivity contribution < 1.29 is 9.53 Å². The van der Waals surface area contributed by atoms with E-state index in [0.29, 0.717) is 25.4 Å². The van der Waals surface area contributed by atoms with Gasteiger partial charge in [-0.2, -0.15) is 0 Å². The Bertz CT molecular complexity index is 911. The number of ether oxygens (including phenoxy) is 1. The number of fused-ring (bicyclic) bond motifs is 1. The predicted molar refractivity (Wildman–Crippen MR) is 106 cm³/mol. The molecule has 3 aromatic rings. The van der Waals surface area contributed by atoms with Gasteiger partial charge in [0.1, 0.15) is 11.4 Å². The van der Waals surface area contributed by atoms with Gasteiger partial charge in [0.05, 0.1) is 12.1 Å². The van der Waals surface area contributed by atoms with Gasteiger partial charge in [0.2, 0.25) is 0 Å². The molecule has 0 atom stereocenters. The van der Waals surface area contributed by atoms with E-state index in [1.165, 1.54) is 0 Å². The largest absolute Gasteiger partial charge is 0.493 e.